The number of fused-ring (bicyclic) bond motifs is 1. The number of esters is 1. The maximum atomic E-state index is 11.8. The predicted octanol–water partition coefficient (Wildman–Crippen LogP) is 4.76. The van der Waals surface area contributed by atoms with Crippen LogP contribution in [0.2, 0.25) is 10.0 Å². The SMILES string of the molecule is O=C(COC(=O)CSc1ccc2c(c1)CCC2)Nc1ccc(Cl)c(Cl)c1. The Balaban J connectivity index is 1.42. The van der Waals surface area contributed by atoms with E-state index in [1.54, 1.807) is 12.1 Å². The Hall–Kier alpha value is -1.69. The number of halogens is 2. The average molecular weight is 410 g/mol. The van der Waals surface area contributed by atoms with E-state index in [-0.39, 0.29) is 12.4 Å². The Labute approximate surface area is 166 Å². The first-order valence-corrected chi connectivity index (χ1v) is 9.90. The van der Waals surface area contributed by atoms with Gasteiger partial charge in [-0.25, -0.2) is 0 Å². The van der Waals surface area contributed by atoms with Crippen LogP contribution in [0, 0.1) is 0 Å². The molecule has 26 heavy (non-hydrogen) atoms. The van der Waals surface area contributed by atoms with Crippen LogP contribution < -0.4 is 5.32 Å². The van der Waals surface area contributed by atoms with E-state index in [1.807, 2.05) is 6.07 Å². The van der Waals surface area contributed by atoms with Gasteiger partial charge in [0.15, 0.2) is 6.61 Å². The zero-order chi connectivity index (χ0) is 18.5. The molecule has 0 bridgehead atoms. The molecule has 0 saturated heterocycles. The van der Waals surface area contributed by atoms with Gasteiger partial charge in [-0.1, -0.05) is 29.3 Å². The second-order valence-corrected chi connectivity index (χ2v) is 7.77. The van der Waals surface area contributed by atoms with Gasteiger partial charge in [-0.2, -0.15) is 0 Å². The van der Waals surface area contributed by atoms with Crippen LogP contribution in [-0.2, 0) is 27.2 Å². The lowest BCUT2D eigenvalue weighted by atomic mass is 10.1. The van der Waals surface area contributed by atoms with Gasteiger partial charge in [0.2, 0.25) is 0 Å². The van der Waals surface area contributed by atoms with Crippen molar-refractivity contribution in [2.75, 3.05) is 17.7 Å². The number of anilines is 1. The number of nitrogens with one attached hydrogen (secondary N) is 1. The molecule has 0 unspecified atom stereocenters. The molecular weight excluding hydrogens is 393 g/mol. The number of thioether (sulfide) groups is 1. The Bertz CT molecular complexity index is 842. The van der Waals surface area contributed by atoms with Crippen molar-refractivity contribution in [2.24, 2.45) is 0 Å². The minimum Gasteiger partial charge on any atom is -0.455 e. The molecule has 4 nitrogen and oxygen atoms in total. The Morgan fingerprint density at radius 2 is 1.85 bits per heavy atom. The molecular formula is C19H17Cl2NO3S. The topological polar surface area (TPSA) is 55.4 Å². The summed E-state index contributed by atoms with van der Waals surface area (Å²) < 4.78 is 5.01. The van der Waals surface area contributed by atoms with Crippen molar-refractivity contribution >= 4 is 52.5 Å². The third-order valence-corrected chi connectivity index (χ3v) is 5.70. The molecule has 0 spiro atoms. The first-order chi connectivity index (χ1) is 12.5. The smallest absolute Gasteiger partial charge is 0.316 e. The summed E-state index contributed by atoms with van der Waals surface area (Å²) in [5, 5.41) is 3.34. The van der Waals surface area contributed by atoms with E-state index in [0.29, 0.717) is 15.7 Å². The quantitative estimate of drug-likeness (QED) is 0.551. The lowest BCUT2D eigenvalue weighted by Crippen LogP contribution is -2.21. The highest BCUT2D eigenvalue weighted by atomic mass is 35.5. The lowest BCUT2D eigenvalue weighted by molar-refractivity contribution is -0.144. The molecule has 1 N–H and O–H groups in total. The summed E-state index contributed by atoms with van der Waals surface area (Å²) in [6.45, 7) is -0.343. The zero-order valence-corrected chi connectivity index (χ0v) is 16.2. The van der Waals surface area contributed by atoms with Crippen molar-refractivity contribution in [3.05, 3.63) is 57.6 Å². The normalized spacial score (nSPS) is 12.5. The molecule has 136 valence electrons. The lowest BCUT2D eigenvalue weighted by Gasteiger charge is -2.08. The molecule has 1 amide bonds. The van der Waals surface area contributed by atoms with E-state index in [0.717, 1.165) is 17.7 Å². The van der Waals surface area contributed by atoms with Crippen LogP contribution in [0.4, 0.5) is 5.69 Å². The summed E-state index contributed by atoms with van der Waals surface area (Å²) in [5.41, 5.74) is 3.26. The number of amides is 1. The van der Waals surface area contributed by atoms with Crippen molar-refractivity contribution < 1.29 is 14.3 Å². The summed E-state index contributed by atoms with van der Waals surface area (Å²) >= 11 is 13.1. The zero-order valence-electron chi connectivity index (χ0n) is 13.9. The molecule has 1 aliphatic carbocycles. The minimum absolute atomic E-state index is 0.166. The van der Waals surface area contributed by atoms with Gasteiger partial charge in [0.1, 0.15) is 0 Å². The predicted molar refractivity (Wildman–Crippen MR) is 105 cm³/mol. The monoisotopic (exact) mass is 409 g/mol. The maximum Gasteiger partial charge on any atom is 0.316 e. The molecule has 2 aromatic carbocycles. The van der Waals surface area contributed by atoms with Crippen molar-refractivity contribution in [1.29, 1.82) is 0 Å². The van der Waals surface area contributed by atoms with Gasteiger partial charge in [0.05, 0.1) is 15.8 Å². The third-order valence-electron chi connectivity index (χ3n) is 3.99. The van der Waals surface area contributed by atoms with Gasteiger partial charge in [0.25, 0.3) is 5.91 Å². The Morgan fingerprint density at radius 1 is 1.04 bits per heavy atom. The van der Waals surface area contributed by atoms with Gasteiger partial charge >= 0.3 is 5.97 Å². The van der Waals surface area contributed by atoms with Gasteiger partial charge in [0, 0.05) is 10.6 Å². The largest absolute Gasteiger partial charge is 0.455 e. The van der Waals surface area contributed by atoms with Crippen LogP contribution in [0.3, 0.4) is 0 Å². The van der Waals surface area contributed by atoms with E-state index in [9.17, 15) is 9.59 Å². The summed E-state index contributed by atoms with van der Waals surface area (Å²) in [7, 11) is 0. The fourth-order valence-electron chi connectivity index (χ4n) is 2.74. The second-order valence-electron chi connectivity index (χ2n) is 5.91. The molecule has 0 saturated carbocycles. The molecule has 0 radical (unpaired) electrons. The van der Waals surface area contributed by atoms with Crippen LogP contribution in [0.25, 0.3) is 0 Å². The molecule has 3 rings (SSSR count). The van der Waals surface area contributed by atoms with Crippen LogP contribution in [-0.4, -0.2) is 24.2 Å². The number of rotatable bonds is 6. The molecule has 0 heterocycles. The number of hydrogen-bond acceptors (Lipinski definition) is 4. The number of benzene rings is 2. The molecule has 0 aromatic heterocycles. The third kappa shape index (κ3) is 5.16. The van der Waals surface area contributed by atoms with Crippen molar-refractivity contribution in [3.63, 3.8) is 0 Å². The fraction of sp³-hybridized carbons (Fsp3) is 0.263. The Morgan fingerprint density at radius 3 is 2.65 bits per heavy atom. The number of aryl methyl sites for hydroxylation is 2. The summed E-state index contributed by atoms with van der Waals surface area (Å²) in [5.74, 6) is -0.696. The van der Waals surface area contributed by atoms with E-state index < -0.39 is 11.9 Å². The van der Waals surface area contributed by atoms with Crippen molar-refractivity contribution in [3.8, 4) is 0 Å². The fourth-order valence-corrected chi connectivity index (χ4v) is 3.79. The maximum absolute atomic E-state index is 11.8. The van der Waals surface area contributed by atoms with Crippen molar-refractivity contribution in [2.45, 2.75) is 24.2 Å². The van der Waals surface area contributed by atoms with Gasteiger partial charge in [-0.3, -0.25) is 9.59 Å². The molecule has 7 heteroatoms. The highest BCUT2D eigenvalue weighted by Gasteiger charge is 2.13. The van der Waals surface area contributed by atoms with Crippen LogP contribution in [0.15, 0.2) is 41.3 Å². The Kier molecular flexibility index (Phi) is 6.46. The number of carbonyl (C=O) groups is 2. The summed E-state index contributed by atoms with van der Waals surface area (Å²) in [6, 6.07) is 11.0. The number of carbonyl (C=O) groups excluding carboxylic acids is 2. The number of ether oxygens (including phenoxy) is 1. The van der Waals surface area contributed by atoms with Gasteiger partial charge in [-0.05, 0) is 60.7 Å². The second kappa shape index (κ2) is 8.80. The van der Waals surface area contributed by atoms with E-state index in [4.69, 9.17) is 27.9 Å². The van der Waals surface area contributed by atoms with E-state index >= 15 is 0 Å². The van der Waals surface area contributed by atoms with Gasteiger partial charge < -0.3 is 10.1 Å². The first-order valence-electron chi connectivity index (χ1n) is 8.16. The highest BCUT2D eigenvalue weighted by Crippen LogP contribution is 2.27. The summed E-state index contributed by atoms with van der Waals surface area (Å²) in [4.78, 5) is 24.7. The molecule has 2 aromatic rings. The number of hydrogen-bond donors (Lipinski definition) is 1. The van der Waals surface area contributed by atoms with Gasteiger partial charge in [-0.15, -0.1) is 11.8 Å². The molecule has 0 fully saturated rings. The average Bonchev–Trinajstić information content (AvgIpc) is 3.09. The molecule has 0 aliphatic heterocycles. The molecule has 1 aliphatic rings. The summed E-state index contributed by atoms with van der Waals surface area (Å²) in [6.07, 6.45) is 3.43. The van der Waals surface area contributed by atoms with Crippen LogP contribution in [0.1, 0.15) is 17.5 Å². The van der Waals surface area contributed by atoms with Crippen LogP contribution >= 0.6 is 35.0 Å². The van der Waals surface area contributed by atoms with E-state index in [2.05, 4.69) is 17.4 Å². The minimum atomic E-state index is -0.431. The van der Waals surface area contributed by atoms with Crippen LogP contribution in [0.5, 0.6) is 0 Å². The standard InChI is InChI=1S/C19H17Cl2NO3S/c20-16-7-5-14(9-17(16)21)22-18(23)10-25-19(24)11-26-15-6-4-12-2-1-3-13(12)8-15/h4-9H,1-3,10-11H2,(H,22,23). The highest BCUT2D eigenvalue weighted by molar-refractivity contribution is 8.00. The molecule has 0 atom stereocenters. The van der Waals surface area contributed by atoms with E-state index in [1.165, 1.54) is 35.4 Å². The van der Waals surface area contributed by atoms with Crippen molar-refractivity contribution in [1.82, 2.24) is 0 Å². The first kappa shape index (κ1) is 19.1.